The van der Waals surface area contributed by atoms with Gasteiger partial charge in [0.25, 0.3) is 0 Å². The fourth-order valence-corrected chi connectivity index (χ4v) is 5.35. The summed E-state index contributed by atoms with van der Waals surface area (Å²) in [5.41, 5.74) is 3.09. The first-order chi connectivity index (χ1) is 23.9. The molecule has 1 heterocycles. The molecule has 0 aliphatic heterocycles. The molecule has 39 heavy (non-hydrogen) atoms. The van der Waals surface area contributed by atoms with E-state index in [1.165, 1.54) is 24.3 Å². The molecule has 1 aromatic heterocycles. The molecule has 8 aromatic rings. The van der Waals surface area contributed by atoms with Crippen molar-refractivity contribution in [2.24, 2.45) is 0 Å². The molecular formula is C38H24O. The van der Waals surface area contributed by atoms with Crippen LogP contribution in [0.4, 0.5) is 0 Å². The molecule has 1 nitrogen and oxygen atoms in total. The Kier molecular flexibility index (Phi) is 3.04. The molecule has 0 fully saturated rings. The van der Waals surface area contributed by atoms with Gasteiger partial charge in [-0.3, -0.25) is 0 Å². The number of hydrogen-bond donors (Lipinski definition) is 0. The number of benzene rings is 7. The van der Waals surface area contributed by atoms with Crippen LogP contribution in [-0.4, -0.2) is 0 Å². The van der Waals surface area contributed by atoms with Gasteiger partial charge in [-0.15, -0.1) is 0 Å². The van der Waals surface area contributed by atoms with Crippen LogP contribution in [0.25, 0.3) is 76.9 Å². The van der Waals surface area contributed by atoms with Crippen LogP contribution in [0.15, 0.2) is 150 Å². The van der Waals surface area contributed by atoms with Crippen molar-refractivity contribution in [3.05, 3.63) is 145 Å². The molecule has 0 saturated heterocycles. The molecule has 0 atom stereocenters. The van der Waals surface area contributed by atoms with Gasteiger partial charge in [0.1, 0.15) is 11.2 Å². The smallest absolute Gasteiger partial charge is 0.135 e. The van der Waals surface area contributed by atoms with E-state index in [0.717, 1.165) is 16.7 Å². The second-order valence-corrected chi connectivity index (χ2v) is 9.26. The summed E-state index contributed by atoms with van der Waals surface area (Å²) in [5, 5.41) is 1.63. The van der Waals surface area contributed by atoms with Gasteiger partial charge in [0.2, 0.25) is 0 Å². The first kappa shape index (κ1) is 13.6. The summed E-state index contributed by atoms with van der Waals surface area (Å²) in [6.45, 7) is 0. The highest BCUT2D eigenvalue weighted by Gasteiger charge is 2.17. The second-order valence-electron chi connectivity index (χ2n) is 9.26. The predicted molar refractivity (Wildman–Crippen MR) is 165 cm³/mol. The number of hydrogen-bond acceptors (Lipinski definition) is 1. The van der Waals surface area contributed by atoms with Crippen molar-refractivity contribution in [2.45, 2.75) is 0 Å². The van der Waals surface area contributed by atoms with E-state index in [1.54, 1.807) is 0 Å². The third-order valence-electron chi connectivity index (χ3n) is 7.11. The molecule has 0 aliphatic rings. The van der Waals surface area contributed by atoms with E-state index in [9.17, 15) is 2.74 Å². The van der Waals surface area contributed by atoms with Crippen molar-refractivity contribution in [2.75, 3.05) is 0 Å². The van der Waals surface area contributed by atoms with Gasteiger partial charge < -0.3 is 4.42 Å². The van der Waals surface area contributed by atoms with E-state index in [1.807, 2.05) is 54.6 Å². The molecular weight excluding hydrogens is 472 g/mol. The molecule has 0 radical (unpaired) electrons. The molecule has 0 saturated carbocycles. The maximum atomic E-state index is 9.49. The fourth-order valence-electron chi connectivity index (χ4n) is 5.35. The average molecular weight is 508 g/mol. The maximum Gasteiger partial charge on any atom is 0.135 e. The number of furan rings is 1. The Morgan fingerprint density at radius 2 is 0.923 bits per heavy atom. The van der Waals surface area contributed by atoms with E-state index < -0.39 is 36.3 Å². The summed E-state index contributed by atoms with van der Waals surface area (Å²) in [6, 6.07) is 20.1. The molecule has 0 unspecified atom stereocenters. The van der Waals surface area contributed by atoms with Gasteiger partial charge in [-0.25, -0.2) is 0 Å². The van der Waals surface area contributed by atoms with E-state index in [-0.39, 0.29) is 63.3 Å². The molecule has 0 amide bonds. The standard InChI is InChI=1S/C38H24O/c1-2-10-25(11-3-1)26-18-20-27(21-19-26)37-30-13-4-6-15-32(30)38(33-16-7-5-14-31(33)37)28-22-23-36-34(24-28)29-12-8-9-17-35(29)39-36/h1-24H/i4D,5D,6D,7D,8D,9D,12D,17D,22D,23D,24D. The summed E-state index contributed by atoms with van der Waals surface area (Å²) >= 11 is 0. The normalized spacial score (nSPS) is 15.5. The van der Waals surface area contributed by atoms with Crippen LogP contribution < -0.4 is 0 Å². The molecule has 1 heteroatoms. The summed E-state index contributed by atoms with van der Waals surface area (Å²) in [7, 11) is 0. The van der Waals surface area contributed by atoms with E-state index in [0.29, 0.717) is 27.1 Å². The highest BCUT2D eigenvalue weighted by Crippen LogP contribution is 2.44. The van der Waals surface area contributed by atoms with Crippen LogP contribution in [-0.2, 0) is 0 Å². The molecule has 8 rings (SSSR count). The summed E-state index contributed by atoms with van der Waals surface area (Å²) in [4.78, 5) is 0. The monoisotopic (exact) mass is 507 g/mol. The minimum atomic E-state index is -0.533. The van der Waals surface area contributed by atoms with Gasteiger partial charge in [0.15, 0.2) is 0 Å². The molecule has 0 N–H and O–H groups in total. The third kappa shape index (κ3) is 3.48. The lowest BCUT2D eigenvalue weighted by atomic mass is 9.85. The first-order valence-corrected chi connectivity index (χ1v) is 12.4. The number of para-hydroxylation sites is 1. The van der Waals surface area contributed by atoms with E-state index in [2.05, 4.69) is 0 Å². The summed E-state index contributed by atoms with van der Waals surface area (Å²) < 4.78 is 101. The molecule has 0 spiro atoms. The fraction of sp³-hybridized carbons (Fsp3) is 0. The van der Waals surface area contributed by atoms with Crippen LogP contribution in [0, 0.1) is 0 Å². The van der Waals surface area contributed by atoms with E-state index in [4.69, 9.17) is 16.8 Å². The van der Waals surface area contributed by atoms with Gasteiger partial charge >= 0.3 is 0 Å². The van der Waals surface area contributed by atoms with Crippen LogP contribution in [0.3, 0.4) is 0 Å². The van der Waals surface area contributed by atoms with Gasteiger partial charge in [-0.05, 0) is 73.1 Å². The Hall–Kier alpha value is -5.14. The van der Waals surface area contributed by atoms with Crippen LogP contribution in [0.2, 0.25) is 0 Å². The van der Waals surface area contributed by atoms with Gasteiger partial charge in [0.05, 0.1) is 15.1 Å². The van der Waals surface area contributed by atoms with Crippen molar-refractivity contribution >= 4 is 43.5 Å². The lowest BCUT2D eigenvalue weighted by molar-refractivity contribution is 0.669. The second kappa shape index (κ2) is 8.72. The maximum absolute atomic E-state index is 9.49. The van der Waals surface area contributed by atoms with Crippen molar-refractivity contribution in [3.63, 3.8) is 0 Å². The first-order valence-electron chi connectivity index (χ1n) is 17.9. The van der Waals surface area contributed by atoms with Crippen molar-refractivity contribution in [3.8, 4) is 33.4 Å². The average Bonchev–Trinajstić information content (AvgIpc) is 3.52. The minimum Gasteiger partial charge on any atom is -0.456 e. The van der Waals surface area contributed by atoms with Crippen molar-refractivity contribution in [1.82, 2.24) is 0 Å². The Labute approximate surface area is 242 Å². The number of rotatable bonds is 3. The number of fused-ring (bicyclic) bond motifs is 5. The minimum absolute atomic E-state index is 0.0590. The van der Waals surface area contributed by atoms with Gasteiger partial charge in [-0.2, -0.15) is 0 Å². The predicted octanol–water partition coefficient (Wildman–Crippen LogP) is 10.9. The SMILES string of the molecule is [2H]c1cc2c(-c3ccc(-c4ccccc4)cc3)c3cc([2H])c([2H])cc3c(-c3c([2H])c([2H])c4oc5c([2H])c([2H])c([2H])c([2H])c5c4c3[2H])c2cc1[2H]. The Bertz CT molecular complexity index is 2680. The van der Waals surface area contributed by atoms with Gasteiger partial charge in [0, 0.05) is 10.8 Å². The van der Waals surface area contributed by atoms with Gasteiger partial charge in [-0.1, -0.05) is 127 Å². The Morgan fingerprint density at radius 1 is 0.385 bits per heavy atom. The highest BCUT2D eigenvalue weighted by atomic mass is 16.3. The largest absolute Gasteiger partial charge is 0.456 e. The lowest BCUT2D eigenvalue weighted by Crippen LogP contribution is -1.91. The Balaban J connectivity index is 1.55. The summed E-state index contributed by atoms with van der Waals surface area (Å²) in [5.74, 6) is 0. The summed E-state index contributed by atoms with van der Waals surface area (Å²) in [6.07, 6.45) is 0. The van der Waals surface area contributed by atoms with E-state index >= 15 is 0 Å². The quantitative estimate of drug-likeness (QED) is 0.217. The highest BCUT2D eigenvalue weighted by molar-refractivity contribution is 6.22. The molecule has 0 aliphatic carbocycles. The van der Waals surface area contributed by atoms with Crippen LogP contribution in [0.1, 0.15) is 15.1 Å². The molecule has 182 valence electrons. The topological polar surface area (TPSA) is 13.1 Å². The van der Waals surface area contributed by atoms with Crippen LogP contribution >= 0.6 is 0 Å². The zero-order chi connectivity index (χ0) is 35.3. The zero-order valence-corrected chi connectivity index (χ0v) is 20.4. The molecule has 7 aromatic carbocycles. The third-order valence-corrected chi connectivity index (χ3v) is 7.11. The van der Waals surface area contributed by atoms with Crippen molar-refractivity contribution in [1.29, 1.82) is 0 Å². The Morgan fingerprint density at radius 3 is 1.59 bits per heavy atom. The van der Waals surface area contributed by atoms with Crippen LogP contribution in [0.5, 0.6) is 0 Å². The van der Waals surface area contributed by atoms with Crippen molar-refractivity contribution < 1.29 is 19.5 Å². The lowest BCUT2D eigenvalue weighted by Gasteiger charge is -2.18. The molecule has 0 bridgehead atoms. The zero-order valence-electron chi connectivity index (χ0n) is 31.4.